The first-order valence-corrected chi connectivity index (χ1v) is 10.0. The lowest BCUT2D eigenvalue weighted by atomic mass is 9.79. The molecule has 0 spiro atoms. The van der Waals surface area contributed by atoms with Crippen molar-refractivity contribution in [3.05, 3.63) is 88.0 Å². The molecule has 2 atom stereocenters. The van der Waals surface area contributed by atoms with Crippen LogP contribution in [0.5, 0.6) is 0 Å². The van der Waals surface area contributed by atoms with Crippen LogP contribution in [0.3, 0.4) is 0 Å². The molecule has 0 bridgehead atoms. The molecule has 1 fully saturated rings. The molecule has 1 saturated carbocycles. The van der Waals surface area contributed by atoms with Gasteiger partial charge >= 0.3 is 6.18 Å². The maximum atomic E-state index is 13.0. The molecule has 0 amide bonds. The van der Waals surface area contributed by atoms with Crippen molar-refractivity contribution in [2.45, 2.75) is 32.0 Å². The largest absolute Gasteiger partial charge is 0.456 e. The van der Waals surface area contributed by atoms with Gasteiger partial charge in [-0.2, -0.15) is 18.4 Å². The van der Waals surface area contributed by atoms with E-state index in [1.807, 2.05) is 37.3 Å². The number of halogens is 3. The maximum Gasteiger partial charge on any atom is 0.416 e. The highest BCUT2D eigenvalue weighted by molar-refractivity contribution is 5.81. The minimum absolute atomic E-state index is 0.284. The van der Waals surface area contributed by atoms with E-state index in [0.717, 1.165) is 35.5 Å². The summed E-state index contributed by atoms with van der Waals surface area (Å²) in [6.45, 7) is 2.03. The molecule has 3 aliphatic rings. The van der Waals surface area contributed by atoms with Gasteiger partial charge in [0.15, 0.2) is 0 Å². The molecule has 1 N–H and O–H groups in total. The molecule has 1 aromatic heterocycles. The van der Waals surface area contributed by atoms with Gasteiger partial charge in [-0.3, -0.25) is 0 Å². The molecule has 1 aromatic carbocycles. The Morgan fingerprint density at radius 2 is 2.13 bits per heavy atom. The van der Waals surface area contributed by atoms with Crippen LogP contribution in [0.1, 0.15) is 41.6 Å². The Hall–Kier alpha value is -3.46. The number of allylic oxidation sites excluding steroid dienone is 5. The van der Waals surface area contributed by atoms with Crippen LogP contribution in [0, 0.1) is 16.7 Å². The highest BCUT2D eigenvalue weighted by atomic mass is 19.4. The topological polar surface area (TPSA) is 49.0 Å². The third-order valence-corrected chi connectivity index (χ3v) is 5.92. The average Bonchev–Trinajstić information content (AvgIpc) is 3.39. The second kappa shape index (κ2) is 6.78. The van der Waals surface area contributed by atoms with E-state index >= 15 is 0 Å². The summed E-state index contributed by atoms with van der Waals surface area (Å²) in [6.07, 6.45) is 6.82. The number of benzene rings is 1. The van der Waals surface area contributed by atoms with Gasteiger partial charge in [0.05, 0.1) is 17.2 Å². The van der Waals surface area contributed by atoms with Crippen LogP contribution in [-0.4, -0.2) is 6.04 Å². The average molecular weight is 420 g/mol. The first kappa shape index (κ1) is 19.5. The molecule has 2 aromatic rings. The summed E-state index contributed by atoms with van der Waals surface area (Å²) < 4.78 is 44.9. The lowest BCUT2D eigenvalue weighted by Crippen LogP contribution is -2.18. The van der Waals surface area contributed by atoms with Gasteiger partial charge in [-0.1, -0.05) is 37.3 Å². The van der Waals surface area contributed by atoms with Gasteiger partial charge in [0, 0.05) is 5.41 Å². The molecule has 3 nitrogen and oxygen atoms in total. The number of fused-ring (bicyclic) bond motifs is 2. The number of dihydropyridines is 1. The highest BCUT2D eigenvalue weighted by Gasteiger charge is 2.36. The fourth-order valence-electron chi connectivity index (χ4n) is 4.09. The number of furan rings is 1. The fourth-order valence-corrected chi connectivity index (χ4v) is 4.09. The lowest BCUT2D eigenvalue weighted by Gasteiger charge is -2.24. The molecule has 0 radical (unpaired) electrons. The van der Waals surface area contributed by atoms with Gasteiger partial charge in [-0.15, -0.1) is 0 Å². The monoisotopic (exact) mass is 420 g/mol. The normalized spacial score (nSPS) is 24.4. The fraction of sp³-hybridized carbons (Fsp3) is 0.240. The van der Waals surface area contributed by atoms with Crippen molar-refractivity contribution in [1.29, 1.82) is 5.26 Å². The Kier molecular flexibility index (Phi) is 4.26. The van der Waals surface area contributed by atoms with E-state index in [0.29, 0.717) is 23.4 Å². The van der Waals surface area contributed by atoms with E-state index in [9.17, 15) is 18.4 Å². The zero-order chi connectivity index (χ0) is 21.8. The second-order valence-electron chi connectivity index (χ2n) is 8.49. The molecule has 2 aliphatic carbocycles. The van der Waals surface area contributed by atoms with Crippen molar-refractivity contribution in [2.75, 3.05) is 0 Å². The van der Waals surface area contributed by atoms with Gasteiger partial charge in [0.1, 0.15) is 23.3 Å². The third-order valence-electron chi connectivity index (χ3n) is 5.92. The number of nitriles is 1. The van der Waals surface area contributed by atoms with Crippen LogP contribution in [-0.2, 0) is 12.6 Å². The van der Waals surface area contributed by atoms with Crippen molar-refractivity contribution in [3.63, 3.8) is 0 Å². The number of nitrogens with zero attached hydrogens (tertiary/aromatic N) is 1. The summed E-state index contributed by atoms with van der Waals surface area (Å²) in [5, 5.41) is 12.7. The van der Waals surface area contributed by atoms with Crippen LogP contribution >= 0.6 is 0 Å². The summed E-state index contributed by atoms with van der Waals surface area (Å²) in [6, 6.07) is 9.76. The summed E-state index contributed by atoms with van der Waals surface area (Å²) >= 11 is 0. The molecule has 2 unspecified atom stereocenters. The van der Waals surface area contributed by atoms with Crippen molar-refractivity contribution < 1.29 is 17.6 Å². The predicted octanol–water partition coefficient (Wildman–Crippen LogP) is 6.12. The van der Waals surface area contributed by atoms with Crippen LogP contribution < -0.4 is 5.32 Å². The lowest BCUT2D eigenvalue weighted by molar-refractivity contribution is -0.137. The molecule has 1 aliphatic heterocycles. The Morgan fingerprint density at radius 3 is 2.90 bits per heavy atom. The molecule has 0 saturated heterocycles. The second-order valence-corrected chi connectivity index (χ2v) is 8.49. The first-order valence-electron chi connectivity index (χ1n) is 10.0. The van der Waals surface area contributed by atoms with Crippen molar-refractivity contribution in [3.8, 4) is 6.07 Å². The molecule has 6 heteroatoms. The standard InChI is InChI=1S/C25H19F3N2O/c1-24(7-5-15-3-2-4-18(9-15)25(26,27)28)8-6-22-17(13-24)12-23(31-22)19-10-16-11-20(16)30-21(19)14-29/h2-10,12,20,30H,11,13H2,1H3/b7-5+. The van der Waals surface area contributed by atoms with Crippen molar-refractivity contribution in [2.24, 2.45) is 5.41 Å². The van der Waals surface area contributed by atoms with E-state index in [1.54, 1.807) is 12.1 Å². The number of rotatable bonds is 3. The molecule has 5 rings (SSSR count). The van der Waals surface area contributed by atoms with E-state index < -0.39 is 11.7 Å². The van der Waals surface area contributed by atoms with Crippen LogP contribution in [0.4, 0.5) is 13.2 Å². The zero-order valence-corrected chi connectivity index (χ0v) is 16.8. The van der Waals surface area contributed by atoms with Crippen LogP contribution in [0.25, 0.3) is 17.7 Å². The third kappa shape index (κ3) is 3.72. The Morgan fingerprint density at radius 1 is 1.29 bits per heavy atom. The molecule has 156 valence electrons. The number of alkyl halides is 3. The van der Waals surface area contributed by atoms with Crippen LogP contribution in [0.15, 0.2) is 64.2 Å². The van der Waals surface area contributed by atoms with Gasteiger partial charge in [0.2, 0.25) is 0 Å². The smallest absolute Gasteiger partial charge is 0.416 e. The predicted molar refractivity (Wildman–Crippen MR) is 112 cm³/mol. The molecular formula is C25H19F3N2O. The summed E-state index contributed by atoms with van der Waals surface area (Å²) in [4.78, 5) is 0. The van der Waals surface area contributed by atoms with E-state index in [-0.39, 0.29) is 11.5 Å². The minimum Gasteiger partial charge on any atom is -0.456 e. The van der Waals surface area contributed by atoms with Gasteiger partial charge < -0.3 is 9.73 Å². The molecule has 2 heterocycles. The summed E-state index contributed by atoms with van der Waals surface area (Å²) in [7, 11) is 0. The maximum absolute atomic E-state index is 13.0. The zero-order valence-electron chi connectivity index (χ0n) is 16.8. The van der Waals surface area contributed by atoms with Crippen molar-refractivity contribution in [1.82, 2.24) is 5.32 Å². The molecule has 31 heavy (non-hydrogen) atoms. The Balaban J connectivity index is 1.39. The minimum atomic E-state index is -4.36. The number of hydrogen-bond acceptors (Lipinski definition) is 3. The summed E-state index contributed by atoms with van der Waals surface area (Å²) in [5.74, 6) is 1.41. The SMILES string of the molecule is CC1(/C=C/c2cccc(C(F)(F)F)c2)C=Cc2oc(C3=C(C#N)NC4CC4=C3)cc2C1. The van der Waals surface area contributed by atoms with E-state index in [2.05, 4.69) is 11.4 Å². The van der Waals surface area contributed by atoms with E-state index in [1.165, 1.54) is 11.6 Å². The van der Waals surface area contributed by atoms with Gasteiger partial charge in [-0.05, 0) is 59.9 Å². The number of hydrogen-bond donors (Lipinski definition) is 1. The molecular weight excluding hydrogens is 401 g/mol. The first-order chi connectivity index (χ1) is 14.7. The van der Waals surface area contributed by atoms with Gasteiger partial charge in [-0.25, -0.2) is 0 Å². The Bertz CT molecular complexity index is 1240. The van der Waals surface area contributed by atoms with E-state index in [4.69, 9.17) is 4.42 Å². The summed E-state index contributed by atoms with van der Waals surface area (Å²) in [5.41, 5.74) is 3.06. The van der Waals surface area contributed by atoms with Crippen LogP contribution in [0.2, 0.25) is 0 Å². The highest BCUT2D eigenvalue weighted by Crippen LogP contribution is 2.42. The van der Waals surface area contributed by atoms with Crippen molar-refractivity contribution >= 4 is 17.7 Å². The number of nitrogens with one attached hydrogen (secondary N) is 1. The van der Waals surface area contributed by atoms with Gasteiger partial charge in [0.25, 0.3) is 0 Å². The Labute approximate surface area is 177 Å². The quantitative estimate of drug-likeness (QED) is 0.650.